The van der Waals surface area contributed by atoms with E-state index >= 15 is 0 Å². The average Bonchev–Trinajstić information content (AvgIpc) is 2.96. The predicted molar refractivity (Wildman–Crippen MR) is 149 cm³/mol. The molecule has 6 heteroatoms. The second-order valence-electron chi connectivity index (χ2n) is 8.64. The van der Waals surface area contributed by atoms with Crippen LogP contribution in [0, 0.1) is 0 Å². The summed E-state index contributed by atoms with van der Waals surface area (Å²) in [5.41, 5.74) is 1.29. The molecule has 4 aromatic carbocycles. The molecule has 178 valence electrons. The zero-order valence-electron chi connectivity index (χ0n) is 19.7. The smallest absolute Gasteiger partial charge is 0.149 e. The van der Waals surface area contributed by atoms with Crippen LogP contribution in [0.15, 0.2) is 134 Å². The molecule has 0 N–H and O–H groups in total. The van der Waals surface area contributed by atoms with Crippen LogP contribution < -0.4 is 21.2 Å². The number of rotatable bonds is 8. The second-order valence-corrected chi connectivity index (χ2v) is 14.3. The minimum atomic E-state index is -2.95. The molecule has 0 bridgehead atoms. The Morgan fingerprint density at radius 1 is 0.417 bits per heavy atom. The van der Waals surface area contributed by atoms with Gasteiger partial charge in [0, 0.05) is 33.6 Å². The van der Waals surface area contributed by atoms with Crippen molar-refractivity contribution in [2.45, 2.75) is 12.3 Å². The highest BCUT2D eigenvalue weighted by Crippen LogP contribution is 2.48. The summed E-state index contributed by atoms with van der Waals surface area (Å²) < 4.78 is 28.7. The topological polar surface area (TPSA) is 59.9 Å². The lowest BCUT2D eigenvalue weighted by molar-refractivity contribution is 0.584. The van der Waals surface area contributed by atoms with Gasteiger partial charge >= 0.3 is 0 Å². The first kappa shape index (κ1) is 24.1. The van der Waals surface area contributed by atoms with Gasteiger partial charge in [-0.3, -0.25) is 9.97 Å². The molecule has 5 aromatic rings. The Morgan fingerprint density at radius 2 is 0.667 bits per heavy atom. The maximum absolute atomic E-state index is 14.4. The van der Waals surface area contributed by atoms with Crippen LogP contribution >= 0.6 is 14.3 Å². The Balaban J connectivity index is 1.46. The van der Waals surface area contributed by atoms with Crippen molar-refractivity contribution in [3.8, 4) is 0 Å². The van der Waals surface area contributed by atoms with E-state index in [-0.39, 0.29) is 12.3 Å². The van der Waals surface area contributed by atoms with Gasteiger partial charge in [-0.05, 0) is 0 Å². The molecule has 0 amide bonds. The van der Waals surface area contributed by atoms with Gasteiger partial charge in [-0.25, -0.2) is 0 Å². The van der Waals surface area contributed by atoms with Crippen molar-refractivity contribution < 1.29 is 9.13 Å². The lowest BCUT2D eigenvalue weighted by Crippen LogP contribution is -2.19. The van der Waals surface area contributed by atoms with Crippen LogP contribution in [0.3, 0.4) is 0 Å². The first-order valence-electron chi connectivity index (χ1n) is 11.8. The van der Waals surface area contributed by atoms with E-state index in [0.29, 0.717) is 11.4 Å². The molecule has 0 radical (unpaired) electrons. The lowest BCUT2D eigenvalue weighted by atomic mass is 10.4. The fraction of sp³-hybridized carbons (Fsp3) is 0.0667. The molecule has 0 aliphatic rings. The van der Waals surface area contributed by atoms with Crippen LogP contribution in [-0.2, 0) is 21.5 Å². The van der Waals surface area contributed by atoms with Crippen molar-refractivity contribution in [3.63, 3.8) is 0 Å². The summed E-state index contributed by atoms with van der Waals surface area (Å²) in [7, 11) is -5.91. The largest absolute Gasteiger partial charge is 0.313 e. The molecule has 0 aliphatic heterocycles. The van der Waals surface area contributed by atoms with Gasteiger partial charge in [0.2, 0.25) is 0 Å². The van der Waals surface area contributed by atoms with E-state index in [0.717, 1.165) is 21.2 Å². The Labute approximate surface area is 211 Å². The van der Waals surface area contributed by atoms with Gasteiger partial charge in [-0.2, -0.15) is 0 Å². The van der Waals surface area contributed by atoms with Crippen LogP contribution in [0.25, 0.3) is 0 Å². The summed E-state index contributed by atoms with van der Waals surface area (Å²) in [4.78, 5) is 9.26. The van der Waals surface area contributed by atoms with E-state index in [1.807, 2.05) is 121 Å². The van der Waals surface area contributed by atoms with Crippen molar-refractivity contribution in [2.75, 3.05) is 0 Å². The van der Waals surface area contributed by atoms with Crippen molar-refractivity contribution in [2.24, 2.45) is 0 Å². The van der Waals surface area contributed by atoms with Crippen LogP contribution in [0.2, 0.25) is 0 Å². The molecule has 5 rings (SSSR count). The molecule has 0 saturated heterocycles. The molecule has 36 heavy (non-hydrogen) atoms. The molecule has 1 heterocycles. The van der Waals surface area contributed by atoms with Crippen molar-refractivity contribution >= 4 is 35.5 Å². The van der Waals surface area contributed by atoms with E-state index in [9.17, 15) is 9.13 Å². The van der Waals surface area contributed by atoms with Crippen LogP contribution in [0.4, 0.5) is 0 Å². The molecular weight excluding hydrogens is 482 g/mol. The van der Waals surface area contributed by atoms with Gasteiger partial charge in [-0.15, -0.1) is 0 Å². The van der Waals surface area contributed by atoms with Crippen molar-refractivity contribution in [1.29, 1.82) is 0 Å². The summed E-state index contributed by atoms with van der Waals surface area (Å²) in [6.07, 6.45) is 3.88. The normalized spacial score (nSPS) is 11.8. The first-order chi connectivity index (χ1) is 17.6. The van der Waals surface area contributed by atoms with Gasteiger partial charge in [0.05, 0.1) is 23.7 Å². The standard InChI is InChI=1S/C30H26N2O2P2/c33-35(27-13-5-1-6-14-27,28-15-7-2-8-16-28)23-25-21-32-26(22-31-25)24-36(34,29-17-9-3-10-18-29)30-19-11-4-12-20-30/h1-22H,23-24H2. The highest BCUT2D eigenvalue weighted by atomic mass is 31.2. The van der Waals surface area contributed by atoms with E-state index in [2.05, 4.69) is 9.97 Å². The second kappa shape index (κ2) is 10.6. The molecule has 4 nitrogen and oxygen atoms in total. The average molecular weight is 508 g/mol. The first-order valence-corrected chi connectivity index (χ1v) is 15.6. The third-order valence-corrected chi connectivity index (χ3v) is 12.3. The number of aromatic nitrogens is 2. The Bertz CT molecular complexity index is 1300. The van der Waals surface area contributed by atoms with Crippen molar-refractivity contribution in [1.82, 2.24) is 9.97 Å². The maximum Gasteiger partial charge on any atom is 0.149 e. The summed E-state index contributed by atoms with van der Waals surface area (Å²) in [5.74, 6) is 0. The van der Waals surface area contributed by atoms with Crippen molar-refractivity contribution in [3.05, 3.63) is 145 Å². The predicted octanol–water partition coefficient (Wildman–Crippen LogP) is 5.50. The van der Waals surface area contributed by atoms with Gasteiger partial charge in [0.15, 0.2) is 0 Å². The van der Waals surface area contributed by atoms with E-state index in [4.69, 9.17) is 0 Å². The molecule has 0 spiro atoms. The Kier molecular flexibility index (Phi) is 7.09. The summed E-state index contributed by atoms with van der Waals surface area (Å²) in [6, 6.07) is 38.2. The molecule has 0 unspecified atom stereocenters. The zero-order chi connectivity index (χ0) is 24.8. The molecule has 0 saturated carbocycles. The zero-order valence-corrected chi connectivity index (χ0v) is 21.5. The number of hydrogen-bond donors (Lipinski definition) is 0. The van der Waals surface area contributed by atoms with E-state index < -0.39 is 14.3 Å². The highest BCUT2D eigenvalue weighted by molar-refractivity contribution is 7.78. The van der Waals surface area contributed by atoms with E-state index in [1.165, 1.54) is 0 Å². The van der Waals surface area contributed by atoms with Crippen LogP contribution in [-0.4, -0.2) is 9.97 Å². The molecular formula is C30H26N2O2P2. The van der Waals surface area contributed by atoms with Gasteiger partial charge in [0.1, 0.15) is 14.3 Å². The number of nitrogens with zero attached hydrogens (tertiary/aromatic N) is 2. The highest BCUT2D eigenvalue weighted by Gasteiger charge is 2.30. The quantitative estimate of drug-likeness (QED) is 0.260. The minimum Gasteiger partial charge on any atom is -0.313 e. The summed E-state index contributed by atoms with van der Waals surface area (Å²) in [6.45, 7) is 0. The molecule has 0 aliphatic carbocycles. The van der Waals surface area contributed by atoms with Crippen LogP contribution in [0.5, 0.6) is 0 Å². The summed E-state index contributed by atoms with van der Waals surface area (Å²) >= 11 is 0. The third-order valence-electron chi connectivity index (χ3n) is 6.22. The number of hydrogen-bond acceptors (Lipinski definition) is 4. The summed E-state index contributed by atoms with van der Waals surface area (Å²) in [5, 5.41) is 3.17. The number of benzene rings is 4. The molecule has 0 atom stereocenters. The van der Waals surface area contributed by atoms with Crippen LogP contribution in [0.1, 0.15) is 11.4 Å². The fourth-order valence-electron chi connectivity index (χ4n) is 4.34. The molecule has 1 aromatic heterocycles. The Morgan fingerprint density at radius 3 is 0.889 bits per heavy atom. The minimum absolute atomic E-state index is 0.267. The maximum atomic E-state index is 14.4. The molecule has 0 fully saturated rings. The van der Waals surface area contributed by atoms with Gasteiger partial charge < -0.3 is 9.13 Å². The van der Waals surface area contributed by atoms with Gasteiger partial charge in [-0.1, -0.05) is 121 Å². The van der Waals surface area contributed by atoms with E-state index in [1.54, 1.807) is 12.4 Å². The third kappa shape index (κ3) is 5.02. The lowest BCUT2D eigenvalue weighted by Gasteiger charge is -2.20. The Hall–Kier alpha value is -3.58. The SMILES string of the molecule is O=P(Cc1cnc(CP(=O)(c2ccccc2)c2ccccc2)cn1)(c1ccccc1)c1ccccc1. The van der Waals surface area contributed by atoms with Gasteiger partial charge in [0.25, 0.3) is 0 Å². The fourth-order valence-corrected chi connectivity index (χ4v) is 9.52. The monoisotopic (exact) mass is 508 g/mol.